The largest absolute Gasteiger partial charge is 0.352 e. The van der Waals surface area contributed by atoms with Gasteiger partial charge in [0, 0.05) is 32.1 Å². The standard InChI is InChI=1S/C18H25N5O2S2.HI/c1-13-21-16(12-26-13)11-23(3)18(19-2)20-10-14-4-8-17(9-5-14)27(24,25)22-15-6-7-15;/h4-5,8-9,12,15,22H,6-7,10-11H2,1-3H3,(H,19,20);1H. The number of nitrogens with zero attached hydrogens (tertiary/aromatic N) is 3. The summed E-state index contributed by atoms with van der Waals surface area (Å²) in [5, 5.41) is 6.40. The van der Waals surface area contributed by atoms with Crippen LogP contribution in [0.25, 0.3) is 0 Å². The number of halogens is 1. The average Bonchev–Trinajstić information content (AvgIpc) is 3.34. The minimum absolute atomic E-state index is 0. The van der Waals surface area contributed by atoms with Gasteiger partial charge in [0.05, 0.1) is 22.1 Å². The third-order valence-electron chi connectivity index (χ3n) is 4.22. The van der Waals surface area contributed by atoms with E-state index in [1.165, 1.54) is 0 Å². The van der Waals surface area contributed by atoms with Crippen molar-refractivity contribution >= 4 is 51.3 Å². The minimum atomic E-state index is -3.40. The molecule has 0 amide bonds. The third-order valence-corrected chi connectivity index (χ3v) is 6.58. The molecule has 3 rings (SSSR count). The first-order valence-corrected chi connectivity index (χ1v) is 11.2. The summed E-state index contributed by atoms with van der Waals surface area (Å²) in [7, 11) is 0.298. The zero-order chi connectivity index (χ0) is 19.4. The number of thiazole rings is 1. The molecule has 0 aliphatic heterocycles. The predicted molar refractivity (Wildman–Crippen MR) is 124 cm³/mol. The summed E-state index contributed by atoms with van der Waals surface area (Å²) in [5.41, 5.74) is 2.00. The minimum Gasteiger partial charge on any atom is -0.352 e. The SMILES string of the molecule is CN=C(NCc1ccc(S(=O)(=O)NC2CC2)cc1)N(C)Cc1csc(C)n1.I. The van der Waals surface area contributed by atoms with Crippen LogP contribution in [0.1, 0.15) is 29.1 Å². The fourth-order valence-corrected chi connectivity index (χ4v) is 4.55. The summed E-state index contributed by atoms with van der Waals surface area (Å²) in [6.07, 6.45) is 1.85. The quantitative estimate of drug-likeness (QED) is 0.324. The highest BCUT2D eigenvalue weighted by Gasteiger charge is 2.27. The van der Waals surface area contributed by atoms with Crippen LogP contribution >= 0.6 is 35.3 Å². The van der Waals surface area contributed by atoms with Crippen molar-refractivity contribution in [1.29, 1.82) is 0 Å². The summed E-state index contributed by atoms with van der Waals surface area (Å²) in [4.78, 5) is 11.1. The first-order valence-electron chi connectivity index (χ1n) is 8.81. The smallest absolute Gasteiger partial charge is 0.240 e. The van der Waals surface area contributed by atoms with E-state index < -0.39 is 10.0 Å². The third kappa shape index (κ3) is 6.39. The van der Waals surface area contributed by atoms with Crippen molar-refractivity contribution in [3.05, 3.63) is 45.9 Å². The van der Waals surface area contributed by atoms with E-state index in [0.717, 1.165) is 35.1 Å². The van der Waals surface area contributed by atoms with Gasteiger partial charge in [0.1, 0.15) is 0 Å². The van der Waals surface area contributed by atoms with Crippen LogP contribution in [0.4, 0.5) is 0 Å². The van der Waals surface area contributed by atoms with Gasteiger partial charge in [0.2, 0.25) is 10.0 Å². The molecular weight excluding hydrogens is 509 g/mol. The van der Waals surface area contributed by atoms with Crippen LogP contribution in [-0.4, -0.2) is 44.4 Å². The Bertz CT molecular complexity index is 908. The maximum absolute atomic E-state index is 12.2. The summed E-state index contributed by atoms with van der Waals surface area (Å²) in [6.45, 7) is 3.22. The van der Waals surface area contributed by atoms with Crippen molar-refractivity contribution in [1.82, 2.24) is 19.9 Å². The van der Waals surface area contributed by atoms with Crippen molar-refractivity contribution in [2.75, 3.05) is 14.1 Å². The van der Waals surface area contributed by atoms with E-state index in [-0.39, 0.29) is 30.0 Å². The molecule has 1 aliphatic rings. The summed E-state index contributed by atoms with van der Waals surface area (Å²) >= 11 is 1.63. The maximum Gasteiger partial charge on any atom is 0.240 e. The van der Waals surface area contributed by atoms with Crippen molar-refractivity contribution < 1.29 is 8.42 Å². The Kier molecular flexibility index (Phi) is 8.22. The molecule has 1 heterocycles. The molecule has 0 saturated heterocycles. The molecule has 1 saturated carbocycles. The van der Waals surface area contributed by atoms with Gasteiger partial charge in [-0.1, -0.05) is 12.1 Å². The molecule has 2 aromatic rings. The zero-order valence-electron chi connectivity index (χ0n) is 16.2. The lowest BCUT2D eigenvalue weighted by Gasteiger charge is -2.21. The van der Waals surface area contributed by atoms with Crippen molar-refractivity contribution in [2.24, 2.45) is 4.99 Å². The monoisotopic (exact) mass is 535 g/mol. The predicted octanol–water partition coefficient (Wildman–Crippen LogP) is 2.72. The number of hydrogen-bond acceptors (Lipinski definition) is 5. The van der Waals surface area contributed by atoms with Crippen LogP contribution in [0, 0.1) is 6.92 Å². The fraction of sp³-hybridized carbons (Fsp3) is 0.444. The molecule has 1 aromatic carbocycles. The molecule has 1 fully saturated rings. The number of nitrogens with one attached hydrogen (secondary N) is 2. The van der Waals surface area contributed by atoms with Gasteiger partial charge in [-0.3, -0.25) is 4.99 Å². The van der Waals surface area contributed by atoms with E-state index in [4.69, 9.17) is 0 Å². The topological polar surface area (TPSA) is 86.7 Å². The highest BCUT2D eigenvalue weighted by atomic mass is 127. The highest BCUT2D eigenvalue weighted by Crippen LogP contribution is 2.22. The van der Waals surface area contributed by atoms with Gasteiger partial charge in [-0.25, -0.2) is 18.1 Å². The van der Waals surface area contributed by atoms with Gasteiger partial charge in [-0.05, 0) is 37.5 Å². The molecular formula is C18H26IN5O2S2. The number of aryl methyl sites for hydroxylation is 1. The van der Waals surface area contributed by atoms with Crippen molar-refractivity contribution in [3.63, 3.8) is 0 Å². The normalized spacial score (nSPS) is 14.5. The molecule has 0 bridgehead atoms. The molecule has 28 heavy (non-hydrogen) atoms. The van der Waals surface area contributed by atoms with Gasteiger partial charge < -0.3 is 10.2 Å². The number of guanidine groups is 1. The molecule has 154 valence electrons. The van der Waals surface area contributed by atoms with Crippen molar-refractivity contribution in [2.45, 2.75) is 43.8 Å². The Morgan fingerprint density at radius 1 is 1.32 bits per heavy atom. The van der Waals surface area contributed by atoms with Gasteiger partial charge in [-0.2, -0.15) is 0 Å². The van der Waals surface area contributed by atoms with E-state index in [0.29, 0.717) is 18.0 Å². The highest BCUT2D eigenvalue weighted by molar-refractivity contribution is 14.0. The first kappa shape index (κ1) is 23.0. The average molecular weight is 535 g/mol. The van der Waals surface area contributed by atoms with Crippen molar-refractivity contribution in [3.8, 4) is 0 Å². The van der Waals surface area contributed by atoms with E-state index >= 15 is 0 Å². The zero-order valence-corrected chi connectivity index (χ0v) is 20.1. The van der Waals surface area contributed by atoms with Gasteiger partial charge in [-0.15, -0.1) is 35.3 Å². The number of benzene rings is 1. The maximum atomic E-state index is 12.2. The molecule has 7 nitrogen and oxygen atoms in total. The molecule has 0 unspecified atom stereocenters. The van der Waals surface area contributed by atoms with Crippen LogP contribution in [0.15, 0.2) is 39.5 Å². The molecule has 10 heteroatoms. The van der Waals surface area contributed by atoms with E-state index in [2.05, 4.69) is 20.0 Å². The van der Waals surface area contributed by atoms with Crippen LogP contribution in [0.5, 0.6) is 0 Å². The summed E-state index contributed by atoms with van der Waals surface area (Å²) in [5.74, 6) is 0.757. The molecule has 0 atom stereocenters. The van der Waals surface area contributed by atoms with E-state index in [1.807, 2.05) is 36.4 Å². The molecule has 0 radical (unpaired) electrons. The number of aromatic nitrogens is 1. The molecule has 2 N–H and O–H groups in total. The second-order valence-corrected chi connectivity index (χ2v) is 9.43. The van der Waals surface area contributed by atoms with Crippen LogP contribution in [0.3, 0.4) is 0 Å². The molecule has 1 aliphatic carbocycles. The first-order chi connectivity index (χ1) is 12.9. The number of rotatable bonds is 7. The lowest BCUT2D eigenvalue weighted by Crippen LogP contribution is -2.38. The van der Waals surface area contributed by atoms with E-state index in [1.54, 1.807) is 30.5 Å². The van der Waals surface area contributed by atoms with E-state index in [9.17, 15) is 8.42 Å². The van der Waals surface area contributed by atoms with Crippen LogP contribution in [0.2, 0.25) is 0 Å². The second-order valence-electron chi connectivity index (χ2n) is 6.65. The Labute approximate surface area is 187 Å². The Hall–Kier alpha value is -1.24. The summed E-state index contributed by atoms with van der Waals surface area (Å²) < 4.78 is 27.1. The number of aliphatic imine (C=N–C) groups is 1. The van der Waals surface area contributed by atoms with Gasteiger partial charge in [0.25, 0.3) is 0 Å². The van der Waals surface area contributed by atoms with Gasteiger partial charge in [0.15, 0.2) is 5.96 Å². The second kappa shape index (κ2) is 9.99. The summed E-state index contributed by atoms with van der Waals surface area (Å²) in [6, 6.07) is 7.05. The van der Waals surface area contributed by atoms with Crippen LogP contribution in [-0.2, 0) is 23.1 Å². The van der Waals surface area contributed by atoms with Crippen LogP contribution < -0.4 is 10.0 Å². The Morgan fingerprint density at radius 2 is 2.00 bits per heavy atom. The number of hydrogen-bond donors (Lipinski definition) is 2. The number of sulfonamides is 1. The Balaban J connectivity index is 0.00000280. The molecule has 1 aromatic heterocycles. The Morgan fingerprint density at radius 3 is 2.54 bits per heavy atom. The fourth-order valence-electron chi connectivity index (χ4n) is 2.64. The lowest BCUT2D eigenvalue weighted by molar-refractivity contribution is 0.470. The van der Waals surface area contributed by atoms with Gasteiger partial charge >= 0.3 is 0 Å². The molecule has 0 spiro atoms. The lowest BCUT2D eigenvalue weighted by atomic mass is 10.2.